The number of benzene rings is 1. The molecule has 0 aliphatic carbocycles. The van der Waals surface area contributed by atoms with Crippen molar-refractivity contribution in [1.29, 1.82) is 0 Å². The molecule has 96 valence electrons. The van der Waals surface area contributed by atoms with Crippen LogP contribution in [-0.2, 0) is 4.74 Å². The Labute approximate surface area is 112 Å². The maximum atomic E-state index is 5.97. The molecule has 2 N–H and O–H groups in total. The predicted octanol–water partition coefficient (Wildman–Crippen LogP) is 3.44. The Morgan fingerprint density at radius 1 is 1.29 bits per heavy atom. The minimum Gasteiger partial charge on any atom is -0.397 e. The Balaban J connectivity index is 2.68. The van der Waals surface area contributed by atoms with Crippen LogP contribution in [0, 0.1) is 0 Å². The van der Waals surface area contributed by atoms with Crippen LogP contribution in [0.2, 0.25) is 10.0 Å². The Bertz CT molecular complexity index is 383. The highest BCUT2D eigenvalue weighted by Crippen LogP contribution is 2.32. The summed E-state index contributed by atoms with van der Waals surface area (Å²) < 4.78 is 5.49. The number of hydrogen-bond acceptors (Lipinski definition) is 3. The number of nitrogen functional groups attached to an aromatic ring is 1. The predicted molar refractivity (Wildman–Crippen MR) is 75.2 cm³/mol. The molecular weight excluding hydrogens is 259 g/mol. The third-order valence-corrected chi connectivity index (χ3v) is 3.08. The van der Waals surface area contributed by atoms with Gasteiger partial charge in [-0.3, -0.25) is 0 Å². The smallest absolute Gasteiger partial charge is 0.0644 e. The summed E-state index contributed by atoms with van der Waals surface area (Å²) in [4.78, 5) is 2.00. The molecule has 0 heterocycles. The second-order valence-electron chi connectivity index (χ2n) is 4.17. The third kappa shape index (κ3) is 4.26. The van der Waals surface area contributed by atoms with Crippen LogP contribution in [-0.4, -0.2) is 26.3 Å². The third-order valence-electron chi connectivity index (χ3n) is 2.36. The van der Waals surface area contributed by atoms with Crippen LogP contribution in [0.1, 0.15) is 13.8 Å². The van der Waals surface area contributed by atoms with E-state index in [9.17, 15) is 0 Å². The lowest BCUT2D eigenvalue weighted by Gasteiger charge is -2.22. The lowest BCUT2D eigenvalue weighted by molar-refractivity contribution is 0.0846. The number of rotatable bonds is 5. The highest BCUT2D eigenvalue weighted by atomic mass is 35.5. The lowest BCUT2D eigenvalue weighted by Crippen LogP contribution is -2.24. The van der Waals surface area contributed by atoms with Crippen LogP contribution in [0.4, 0.5) is 11.4 Å². The molecule has 17 heavy (non-hydrogen) atoms. The first-order chi connectivity index (χ1) is 7.91. The van der Waals surface area contributed by atoms with Gasteiger partial charge in [0.25, 0.3) is 0 Å². The summed E-state index contributed by atoms with van der Waals surface area (Å²) in [6.07, 6.45) is 0.231. The van der Waals surface area contributed by atoms with Crippen LogP contribution in [0.15, 0.2) is 12.1 Å². The zero-order chi connectivity index (χ0) is 13.0. The van der Waals surface area contributed by atoms with E-state index in [2.05, 4.69) is 0 Å². The van der Waals surface area contributed by atoms with E-state index in [1.807, 2.05) is 25.8 Å². The van der Waals surface area contributed by atoms with Crippen molar-refractivity contribution in [2.45, 2.75) is 20.0 Å². The summed E-state index contributed by atoms with van der Waals surface area (Å²) in [5.41, 5.74) is 7.38. The molecule has 0 spiro atoms. The van der Waals surface area contributed by atoms with Crippen molar-refractivity contribution >= 4 is 34.6 Å². The van der Waals surface area contributed by atoms with Crippen LogP contribution in [0.3, 0.4) is 0 Å². The number of nitrogens with zero attached hydrogens (tertiary/aromatic N) is 1. The SMILES string of the molecule is CC(C)OCCN(C)c1cc(Cl)c(Cl)cc1N. The molecule has 0 atom stereocenters. The van der Waals surface area contributed by atoms with E-state index in [0.29, 0.717) is 22.3 Å². The second-order valence-corrected chi connectivity index (χ2v) is 4.98. The van der Waals surface area contributed by atoms with E-state index >= 15 is 0 Å². The van der Waals surface area contributed by atoms with Gasteiger partial charge in [-0.15, -0.1) is 0 Å². The van der Waals surface area contributed by atoms with Gasteiger partial charge >= 0.3 is 0 Å². The fraction of sp³-hybridized carbons (Fsp3) is 0.500. The standard InChI is InChI=1S/C12H18Cl2N2O/c1-8(2)17-5-4-16(3)12-7-10(14)9(13)6-11(12)15/h6-8H,4-5,15H2,1-3H3. The molecule has 0 fully saturated rings. The maximum Gasteiger partial charge on any atom is 0.0644 e. The summed E-state index contributed by atoms with van der Waals surface area (Å²) in [7, 11) is 1.94. The lowest BCUT2D eigenvalue weighted by atomic mass is 10.2. The number of hydrogen-bond donors (Lipinski definition) is 1. The van der Waals surface area contributed by atoms with E-state index in [0.717, 1.165) is 12.2 Å². The molecule has 1 rings (SSSR count). The van der Waals surface area contributed by atoms with Gasteiger partial charge in [0.1, 0.15) is 0 Å². The average Bonchev–Trinajstić information content (AvgIpc) is 2.22. The molecule has 5 heteroatoms. The van der Waals surface area contributed by atoms with Gasteiger partial charge in [0.2, 0.25) is 0 Å². The largest absolute Gasteiger partial charge is 0.397 e. The highest BCUT2D eigenvalue weighted by Gasteiger charge is 2.09. The Hall–Kier alpha value is -0.640. The molecule has 0 aromatic heterocycles. The highest BCUT2D eigenvalue weighted by molar-refractivity contribution is 6.42. The first kappa shape index (κ1) is 14.4. The van der Waals surface area contributed by atoms with Crippen molar-refractivity contribution in [3.8, 4) is 0 Å². The normalized spacial score (nSPS) is 10.9. The molecule has 0 saturated heterocycles. The molecule has 0 aliphatic rings. The topological polar surface area (TPSA) is 38.5 Å². The maximum absolute atomic E-state index is 5.97. The van der Waals surface area contributed by atoms with Gasteiger partial charge in [-0.1, -0.05) is 23.2 Å². The summed E-state index contributed by atoms with van der Waals surface area (Å²) >= 11 is 11.9. The number of likely N-dealkylation sites (N-methyl/N-ethyl adjacent to an activating group) is 1. The number of nitrogens with two attached hydrogens (primary N) is 1. The van der Waals surface area contributed by atoms with E-state index in [1.165, 1.54) is 0 Å². The minimum absolute atomic E-state index is 0.231. The fourth-order valence-corrected chi connectivity index (χ4v) is 1.76. The zero-order valence-corrected chi connectivity index (χ0v) is 11.8. The van der Waals surface area contributed by atoms with Gasteiger partial charge in [0.15, 0.2) is 0 Å². The number of anilines is 2. The van der Waals surface area contributed by atoms with Crippen LogP contribution < -0.4 is 10.6 Å². The van der Waals surface area contributed by atoms with E-state index in [4.69, 9.17) is 33.7 Å². The van der Waals surface area contributed by atoms with E-state index < -0.39 is 0 Å². The van der Waals surface area contributed by atoms with Crippen molar-refractivity contribution < 1.29 is 4.74 Å². The summed E-state index contributed by atoms with van der Waals surface area (Å²) in [5, 5.41) is 0.979. The van der Waals surface area contributed by atoms with Gasteiger partial charge < -0.3 is 15.4 Å². The van der Waals surface area contributed by atoms with Crippen molar-refractivity contribution in [2.75, 3.05) is 30.8 Å². The molecule has 3 nitrogen and oxygen atoms in total. The molecule has 0 amide bonds. The second kappa shape index (κ2) is 6.34. The van der Waals surface area contributed by atoms with Gasteiger partial charge in [-0.05, 0) is 26.0 Å². The van der Waals surface area contributed by atoms with Gasteiger partial charge in [0.05, 0.1) is 34.1 Å². The Morgan fingerprint density at radius 2 is 1.88 bits per heavy atom. The van der Waals surface area contributed by atoms with Crippen LogP contribution >= 0.6 is 23.2 Å². The first-order valence-electron chi connectivity index (χ1n) is 5.49. The average molecular weight is 277 g/mol. The van der Waals surface area contributed by atoms with E-state index in [1.54, 1.807) is 12.1 Å². The molecule has 0 radical (unpaired) electrons. The molecule has 0 bridgehead atoms. The summed E-state index contributed by atoms with van der Waals surface area (Å²) in [6.45, 7) is 5.41. The first-order valence-corrected chi connectivity index (χ1v) is 6.24. The van der Waals surface area contributed by atoms with Crippen LogP contribution in [0.5, 0.6) is 0 Å². The van der Waals surface area contributed by atoms with Crippen molar-refractivity contribution in [1.82, 2.24) is 0 Å². The van der Waals surface area contributed by atoms with E-state index in [-0.39, 0.29) is 6.10 Å². The van der Waals surface area contributed by atoms with Crippen LogP contribution in [0.25, 0.3) is 0 Å². The minimum atomic E-state index is 0.231. The zero-order valence-electron chi connectivity index (χ0n) is 10.3. The van der Waals surface area contributed by atoms with Crippen molar-refractivity contribution in [2.24, 2.45) is 0 Å². The summed E-state index contributed by atoms with van der Waals surface area (Å²) in [5.74, 6) is 0. The number of halogens is 2. The van der Waals surface area contributed by atoms with Crippen molar-refractivity contribution in [3.05, 3.63) is 22.2 Å². The van der Waals surface area contributed by atoms with Gasteiger partial charge in [0, 0.05) is 13.6 Å². The molecular formula is C12H18Cl2N2O. The molecule has 0 aliphatic heterocycles. The Morgan fingerprint density at radius 3 is 2.47 bits per heavy atom. The number of ether oxygens (including phenoxy) is 1. The van der Waals surface area contributed by atoms with Gasteiger partial charge in [-0.2, -0.15) is 0 Å². The fourth-order valence-electron chi connectivity index (χ4n) is 1.43. The molecule has 0 saturated carbocycles. The monoisotopic (exact) mass is 276 g/mol. The van der Waals surface area contributed by atoms with Gasteiger partial charge in [-0.25, -0.2) is 0 Å². The van der Waals surface area contributed by atoms with Crippen molar-refractivity contribution in [3.63, 3.8) is 0 Å². The molecule has 0 unspecified atom stereocenters. The quantitative estimate of drug-likeness (QED) is 0.838. The Kier molecular flexibility index (Phi) is 5.37. The molecule has 1 aromatic rings. The summed E-state index contributed by atoms with van der Waals surface area (Å²) in [6, 6.07) is 3.44. The molecule has 1 aromatic carbocycles.